The molecular formula is C18H29NO2. The zero-order valence-corrected chi connectivity index (χ0v) is 13.9. The second-order valence-electron chi connectivity index (χ2n) is 6.46. The monoisotopic (exact) mass is 291 g/mol. The number of benzene rings is 1. The minimum Gasteiger partial charge on any atom is -0.490 e. The number of ether oxygens (including phenoxy) is 2. The fourth-order valence-corrected chi connectivity index (χ4v) is 3.10. The number of nitrogens with one attached hydrogen (secondary N) is 1. The third kappa shape index (κ3) is 4.05. The molecular weight excluding hydrogens is 262 g/mol. The molecule has 118 valence electrons. The van der Waals surface area contributed by atoms with E-state index in [9.17, 15) is 0 Å². The highest BCUT2D eigenvalue weighted by atomic mass is 16.5. The average molecular weight is 291 g/mol. The summed E-state index contributed by atoms with van der Waals surface area (Å²) >= 11 is 0. The van der Waals surface area contributed by atoms with Crippen LogP contribution in [-0.4, -0.2) is 19.3 Å². The van der Waals surface area contributed by atoms with Gasteiger partial charge in [0.2, 0.25) is 0 Å². The van der Waals surface area contributed by atoms with Gasteiger partial charge in [0.1, 0.15) is 0 Å². The van der Waals surface area contributed by atoms with E-state index in [0.717, 1.165) is 17.2 Å². The highest BCUT2D eigenvalue weighted by molar-refractivity contribution is 5.55. The van der Waals surface area contributed by atoms with Crippen molar-refractivity contribution in [1.82, 2.24) is 0 Å². The van der Waals surface area contributed by atoms with Crippen LogP contribution >= 0.6 is 0 Å². The Morgan fingerprint density at radius 2 is 1.81 bits per heavy atom. The van der Waals surface area contributed by atoms with Gasteiger partial charge >= 0.3 is 0 Å². The Hall–Kier alpha value is -1.38. The molecule has 3 heteroatoms. The third-order valence-corrected chi connectivity index (χ3v) is 4.39. The molecule has 0 bridgehead atoms. The van der Waals surface area contributed by atoms with Gasteiger partial charge in [0.05, 0.1) is 13.2 Å². The van der Waals surface area contributed by atoms with E-state index in [4.69, 9.17) is 9.47 Å². The van der Waals surface area contributed by atoms with Gasteiger partial charge in [-0.1, -0.05) is 26.7 Å². The van der Waals surface area contributed by atoms with Crippen molar-refractivity contribution in [3.05, 3.63) is 18.2 Å². The van der Waals surface area contributed by atoms with E-state index in [1.54, 1.807) is 0 Å². The van der Waals surface area contributed by atoms with E-state index in [-0.39, 0.29) is 0 Å². The molecule has 1 aromatic carbocycles. The minimum absolute atomic E-state index is 0.350. The van der Waals surface area contributed by atoms with Crippen LogP contribution in [0.25, 0.3) is 0 Å². The first-order chi connectivity index (χ1) is 10.1. The molecule has 0 saturated heterocycles. The molecule has 1 aromatic rings. The molecule has 1 fully saturated rings. The number of hydrogen-bond acceptors (Lipinski definition) is 3. The summed E-state index contributed by atoms with van der Waals surface area (Å²) in [6.07, 6.45) is 5.19. The fraction of sp³-hybridized carbons (Fsp3) is 0.667. The summed E-state index contributed by atoms with van der Waals surface area (Å²) in [5.41, 5.74) is 1.48. The molecule has 21 heavy (non-hydrogen) atoms. The maximum absolute atomic E-state index is 5.71. The minimum atomic E-state index is 0.350. The summed E-state index contributed by atoms with van der Waals surface area (Å²) in [6.45, 7) is 10.0. The van der Waals surface area contributed by atoms with Gasteiger partial charge in [0.25, 0.3) is 0 Å². The maximum atomic E-state index is 5.71. The Balaban J connectivity index is 2.14. The molecule has 1 aliphatic carbocycles. The summed E-state index contributed by atoms with van der Waals surface area (Å²) < 4.78 is 11.3. The van der Waals surface area contributed by atoms with Gasteiger partial charge in [-0.3, -0.25) is 0 Å². The maximum Gasteiger partial charge on any atom is 0.163 e. The van der Waals surface area contributed by atoms with Crippen LogP contribution in [-0.2, 0) is 0 Å². The van der Waals surface area contributed by atoms with Crippen LogP contribution in [0.5, 0.6) is 11.5 Å². The first-order valence-electron chi connectivity index (χ1n) is 8.23. The molecule has 3 nitrogen and oxygen atoms in total. The predicted molar refractivity (Wildman–Crippen MR) is 88.4 cm³/mol. The highest BCUT2D eigenvalue weighted by Crippen LogP contribution is 2.38. The van der Waals surface area contributed by atoms with Crippen molar-refractivity contribution >= 4 is 5.69 Å². The Bertz CT molecular complexity index is 457. The predicted octanol–water partition coefficient (Wildman–Crippen LogP) is 4.86. The Morgan fingerprint density at radius 3 is 2.48 bits per heavy atom. The van der Waals surface area contributed by atoms with E-state index in [1.165, 1.54) is 25.7 Å². The standard InChI is InChI=1S/C18H29NO2/c1-5-20-15-11-10-14(13-16(15)21-6-2)19-17-9-7-8-12-18(17,3)4/h10-11,13,17,19H,5-9,12H2,1-4H3. The highest BCUT2D eigenvalue weighted by Gasteiger charge is 2.32. The van der Waals surface area contributed by atoms with Crippen LogP contribution in [0.4, 0.5) is 5.69 Å². The van der Waals surface area contributed by atoms with Crippen molar-refractivity contribution in [1.29, 1.82) is 0 Å². The van der Waals surface area contributed by atoms with Crippen molar-refractivity contribution in [2.75, 3.05) is 18.5 Å². The normalized spacial score (nSPS) is 20.9. The van der Waals surface area contributed by atoms with Crippen LogP contribution in [0.3, 0.4) is 0 Å². The van der Waals surface area contributed by atoms with Crippen LogP contribution in [0.2, 0.25) is 0 Å². The lowest BCUT2D eigenvalue weighted by atomic mass is 9.73. The summed E-state index contributed by atoms with van der Waals surface area (Å²) in [6, 6.07) is 6.70. The summed E-state index contributed by atoms with van der Waals surface area (Å²) in [4.78, 5) is 0. The van der Waals surface area contributed by atoms with Gasteiger partial charge < -0.3 is 14.8 Å². The quantitative estimate of drug-likeness (QED) is 0.811. The molecule has 1 unspecified atom stereocenters. The second kappa shape index (κ2) is 7.06. The lowest BCUT2D eigenvalue weighted by molar-refractivity contribution is 0.217. The first-order valence-corrected chi connectivity index (χ1v) is 8.23. The van der Waals surface area contributed by atoms with Gasteiger partial charge in [-0.2, -0.15) is 0 Å². The molecule has 1 saturated carbocycles. The van der Waals surface area contributed by atoms with Crippen molar-refractivity contribution in [2.24, 2.45) is 5.41 Å². The van der Waals surface area contributed by atoms with Crippen molar-refractivity contribution in [3.8, 4) is 11.5 Å². The van der Waals surface area contributed by atoms with E-state index in [1.807, 2.05) is 19.9 Å². The largest absolute Gasteiger partial charge is 0.490 e. The smallest absolute Gasteiger partial charge is 0.163 e. The number of rotatable bonds is 6. The van der Waals surface area contributed by atoms with Crippen molar-refractivity contribution in [2.45, 2.75) is 59.4 Å². The third-order valence-electron chi connectivity index (χ3n) is 4.39. The van der Waals surface area contributed by atoms with Crippen molar-refractivity contribution in [3.63, 3.8) is 0 Å². The zero-order valence-electron chi connectivity index (χ0n) is 13.9. The lowest BCUT2D eigenvalue weighted by Gasteiger charge is -2.39. The zero-order chi connectivity index (χ0) is 15.3. The van der Waals surface area contributed by atoms with Crippen LogP contribution < -0.4 is 14.8 Å². The first kappa shape index (κ1) is 16.0. The topological polar surface area (TPSA) is 30.5 Å². The SMILES string of the molecule is CCOc1ccc(NC2CCCCC2(C)C)cc1OCC. The van der Waals surface area contributed by atoms with E-state index in [2.05, 4.69) is 31.3 Å². The van der Waals surface area contributed by atoms with E-state index >= 15 is 0 Å². The fourth-order valence-electron chi connectivity index (χ4n) is 3.10. The second-order valence-corrected chi connectivity index (χ2v) is 6.46. The summed E-state index contributed by atoms with van der Waals surface area (Å²) in [7, 11) is 0. The van der Waals surface area contributed by atoms with Gasteiger partial charge in [0, 0.05) is 17.8 Å². The van der Waals surface area contributed by atoms with Crippen LogP contribution in [0, 0.1) is 5.41 Å². The molecule has 2 rings (SSSR count). The average Bonchev–Trinajstić information content (AvgIpc) is 2.44. The number of anilines is 1. The molecule has 0 amide bonds. The molecule has 0 spiro atoms. The molecule has 1 atom stereocenters. The molecule has 1 N–H and O–H groups in total. The Morgan fingerprint density at radius 1 is 1.10 bits per heavy atom. The van der Waals surface area contributed by atoms with E-state index < -0.39 is 0 Å². The molecule has 1 aliphatic rings. The van der Waals surface area contributed by atoms with Gasteiger partial charge in [-0.05, 0) is 44.2 Å². The lowest BCUT2D eigenvalue weighted by Crippen LogP contribution is -2.38. The van der Waals surface area contributed by atoms with Crippen LogP contribution in [0.15, 0.2) is 18.2 Å². The van der Waals surface area contributed by atoms with Crippen molar-refractivity contribution < 1.29 is 9.47 Å². The Labute approximate surface area is 129 Å². The molecule has 0 heterocycles. The summed E-state index contributed by atoms with van der Waals surface area (Å²) in [5.74, 6) is 1.66. The number of hydrogen-bond donors (Lipinski definition) is 1. The Kier molecular flexibility index (Phi) is 5.38. The molecule has 0 aromatic heterocycles. The summed E-state index contributed by atoms with van der Waals surface area (Å²) in [5, 5.41) is 3.70. The van der Waals surface area contributed by atoms with E-state index in [0.29, 0.717) is 24.7 Å². The van der Waals surface area contributed by atoms with Gasteiger partial charge in [-0.25, -0.2) is 0 Å². The van der Waals surface area contributed by atoms with Gasteiger partial charge in [-0.15, -0.1) is 0 Å². The van der Waals surface area contributed by atoms with Gasteiger partial charge in [0.15, 0.2) is 11.5 Å². The molecule has 0 radical (unpaired) electrons. The molecule has 0 aliphatic heterocycles. The van der Waals surface area contributed by atoms with Crippen LogP contribution in [0.1, 0.15) is 53.4 Å².